The van der Waals surface area contributed by atoms with E-state index in [1.54, 1.807) is 29.2 Å². The zero-order valence-electron chi connectivity index (χ0n) is 12.5. The molecule has 0 aromatic heterocycles. The fourth-order valence-corrected chi connectivity index (χ4v) is 3.65. The maximum Gasteiger partial charge on any atom is 0.238 e. The van der Waals surface area contributed by atoms with Gasteiger partial charge in [-0.15, -0.1) is 11.8 Å². The third-order valence-corrected chi connectivity index (χ3v) is 4.73. The van der Waals surface area contributed by atoms with Crippen molar-refractivity contribution in [2.75, 3.05) is 17.3 Å². The molecule has 1 atom stereocenters. The average Bonchev–Trinajstić information content (AvgIpc) is 2.93. The van der Waals surface area contributed by atoms with E-state index in [-0.39, 0.29) is 11.3 Å². The first-order valence-corrected chi connectivity index (χ1v) is 8.26. The number of hydrogen-bond acceptors (Lipinski definition) is 3. The molecule has 0 radical (unpaired) electrons. The van der Waals surface area contributed by atoms with Gasteiger partial charge in [-0.1, -0.05) is 6.07 Å². The van der Waals surface area contributed by atoms with Gasteiger partial charge in [-0.25, -0.2) is 8.78 Å². The molecule has 1 amide bonds. The van der Waals surface area contributed by atoms with E-state index in [2.05, 4.69) is 0 Å². The maximum absolute atomic E-state index is 13.5. The molecular weight excluding hydrogens is 320 g/mol. The summed E-state index contributed by atoms with van der Waals surface area (Å²) in [5.41, 5.74) is 1.27. The Hall–Kier alpha value is -2.08. The predicted molar refractivity (Wildman–Crippen MR) is 86.7 cm³/mol. The topological polar surface area (TPSA) is 29.5 Å². The van der Waals surface area contributed by atoms with E-state index >= 15 is 0 Å². The van der Waals surface area contributed by atoms with Crippen molar-refractivity contribution in [3.8, 4) is 5.75 Å². The monoisotopic (exact) mass is 335 g/mol. The van der Waals surface area contributed by atoms with E-state index in [0.29, 0.717) is 23.6 Å². The fraction of sp³-hybridized carbons (Fsp3) is 0.235. The highest BCUT2D eigenvalue weighted by Gasteiger charge is 2.34. The number of carbonyl (C=O) groups excluding carboxylic acids is 1. The van der Waals surface area contributed by atoms with E-state index in [1.807, 2.05) is 6.92 Å². The Morgan fingerprint density at radius 1 is 1.17 bits per heavy atom. The summed E-state index contributed by atoms with van der Waals surface area (Å²) in [5.74, 6) is -0.838. The van der Waals surface area contributed by atoms with Crippen LogP contribution in [0.3, 0.4) is 0 Å². The molecule has 1 heterocycles. The molecule has 1 aliphatic rings. The van der Waals surface area contributed by atoms with Crippen LogP contribution < -0.4 is 9.64 Å². The summed E-state index contributed by atoms with van der Waals surface area (Å²) in [6.07, 6.45) is 0. The van der Waals surface area contributed by atoms with E-state index in [9.17, 15) is 13.6 Å². The fourth-order valence-electron chi connectivity index (χ4n) is 2.49. The van der Waals surface area contributed by atoms with Gasteiger partial charge in [0.05, 0.1) is 12.4 Å². The van der Waals surface area contributed by atoms with Gasteiger partial charge in [0, 0.05) is 5.69 Å². The zero-order chi connectivity index (χ0) is 16.4. The Morgan fingerprint density at radius 2 is 1.91 bits per heavy atom. The summed E-state index contributed by atoms with van der Waals surface area (Å²) in [6.45, 7) is 2.46. The average molecular weight is 335 g/mol. The maximum atomic E-state index is 13.5. The second-order valence-corrected chi connectivity index (χ2v) is 6.10. The Bertz CT molecular complexity index is 721. The minimum Gasteiger partial charge on any atom is -0.494 e. The lowest BCUT2D eigenvalue weighted by Crippen LogP contribution is -2.27. The molecule has 1 aliphatic heterocycles. The second kappa shape index (κ2) is 6.58. The molecule has 23 heavy (non-hydrogen) atoms. The van der Waals surface area contributed by atoms with Crippen molar-refractivity contribution < 1.29 is 18.3 Å². The van der Waals surface area contributed by atoms with Crippen molar-refractivity contribution in [1.82, 2.24) is 0 Å². The van der Waals surface area contributed by atoms with Crippen LogP contribution in [0.1, 0.15) is 17.9 Å². The Labute approximate surface area is 137 Å². The third-order valence-electron chi connectivity index (χ3n) is 3.52. The van der Waals surface area contributed by atoms with Crippen LogP contribution >= 0.6 is 11.8 Å². The van der Waals surface area contributed by atoms with Crippen LogP contribution in [0.25, 0.3) is 0 Å². The summed E-state index contributed by atoms with van der Waals surface area (Å²) in [4.78, 5) is 13.8. The van der Waals surface area contributed by atoms with Crippen molar-refractivity contribution in [2.45, 2.75) is 12.3 Å². The molecule has 3 rings (SSSR count). The SMILES string of the molecule is CCOc1ccc(N2C(=O)CSC2c2ccc(F)c(F)c2)cc1. The summed E-state index contributed by atoms with van der Waals surface area (Å²) in [7, 11) is 0. The molecule has 1 fully saturated rings. The van der Waals surface area contributed by atoms with E-state index in [4.69, 9.17) is 4.74 Å². The van der Waals surface area contributed by atoms with Gasteiger partial charge < -0.3 is 4.74 Å². The quantitative estimate of drug-likeness (QED) is 0.841. The van der Waals surface area contributed by atoms with Gasteiger partial charge in [-0.2, -0.15) is 0 Å². The molecule has 0 aliphatic carbocycles. The van der Waals surface area contributed by atoms with Gasteiger partial charge in [0.25, 0.3) is 0 Å². The molecule has 0 saturated carbocycles. The van der Waals surface area contributed by atoms with Crippen molar-refractivity contribution >= 4 is 23.4 Å². The first kappa shape index (κ1) is 15.8. The van der Waals surface area contributed by atoms with Crippen LogP contribution in [0, 0.1) is 11.6 Å². The first-order valence-electron chi connectivity index (χ1n) is 7.21. The van der Waals surface area contributed by atoms with Gasteiger partial charge in [0.2, 0.25) is 5.91 Å². The number of nitrogens with zero attached hydrogens (tertiary/aromatic N) is 1. The smallest absolute Gasteiger partial charge is 0.238 e. The summed E-state index contributed by atoms with van der Waals surface area (Å²) < 4.78 is 32.0. The Balaban J connectivity index is 1.91. The second-order valence-electron chi connectivity index (χ2n) is 5.03. The highest BCUT2D eigenvalue weighted by molar-refractivity contribution is 8.00. The number of rotatable bonds is 4. The molecule has 0 spiro atoms. The van der Waals surface area contributed by atoms with E-state index in [0.717, 1.165) is 17.9 Å². The number of amides is 1. The molecular formula is C17H15F2NO2S. The molecule has 1 saturated heterocycles. The number of carbonyl (C=O) groups is 1. The lowest BCUT2D eigenvalue weighted by Gasteiger charge is -2.24. The van der Waals surface area contributed by atoms with Gasteiger partial charge in [-0.05, 0) is 48.9 Å². The minimum absolute atomic E-state index is 0.0612. The first-order chi connectivity index (χ1) is 11.1. The predicted octanol–water partition coefficient (Wildman–Crippen LogP) is 4.14. The number of hydrogen-bond donors (Lipinski definition) is 0. The number of halogens is 2. The van der Waals surface area contributed by atoms with Crippen molar-refractivity contribution in [2.24, 2.45) is 0 Å². The largest absolute Gasteiger partial charge is 0.494 e. The van der Waals surface area contributed by atoms with E-state index in [1.165, 1.54) is 17.8 Å². The van der Waals surface area contributed by atoms with Crippen molar-refractivity contribution in [3.05, 3.63) is 59.7 Å². The van der Waals surface area contributed by atoms with Crippen LogP contribution in [0.4, 0.5) is 14.5 Å². The number of benzene rings is 2. The highest BCUT2D eigenvalue weighted by Crippen LogP contribution is 2.42. The lowest BCUT2D eigenvalue weighted by molar-refractivity contribution is -0.115. The van der Waals surface area contributed by atoms with Crippen molar-refractivity contribution in [3.63, 3.8) is 0 Å². The van der Waals surface area contributed by atoms with Gasteiger partial charge >= 0.3 is 0 Å². The highest BCUT2D eigenvalue weighted by atomic mass is 32.2. The Kier molecular flexibility index (Phi) is 4.52. The zero-order valence-corrected chi connectivity index (χ0v) is 13.3. The summed E-state index contributed by atoms with van der Waals surface area (Å²) in [5, 5.41) is -0.365. The molecule has 0 N–H and O–H groups in total. The third kappa shape index (κ3) is 3.17. The molecule has 2 aromatic carbocycles. The van der Waals surface area contributed by atoms with Crippen LogP contribution in [-0.2, 0) is 4.79 Å². The number of anilines is 1. The normalized spacial score (nSPS) is 17.6. The van der Waals surface area contributed by atoms with Crippen LogP contribution in [0.5, 0.6) is 5.75 Å². The minimum atomic E-state index is -0.908. The molecule has 6 heteroatoms. The molecule has 120 valence electrons. The Morgan fingerprint density at radius 3 is 2.57 bits per heavy atom. The van der Waals surface area contributed by atoms with E-state index < -0.39 is 11.6 Å². The molecule has 1 unspecified atom stereocenters. The molecule has 2 aromatic rings. The van der Waals surface area contributed by atoms with Gasteiger partial charge in [-0.3, -0.25) is 9.69 Å². The van der Waals surface area contributed by atoms with Gasteiger partial charge in [0.1, 0.15) is 11.1 Å². The lowest BCUT2D eigenvalue weighted by atomic mass is 10.1. The van der Waals surface area contributed by atoms with Crippen molar-refractivity contribution in [1.29, 1.82) is 0 Å². The summed E-state index contributed by atoms with van der Waals surface area (Å²) in [6, 6.07) is 10.9. The molecule has 3 nitrogen and oxygen atoms in total. The molecule has 0 bridgehead atoms. The van der Waals surface area contributed by atoms with Crippen LogP contribution in [0.15, 0.2) is 42.5 Å². The summed E-state index contributed by atoms with van der Waals surface area (Å²) >= 11 is 1.39. The van der Waals surface area contributed by atoms with Crippen LogP contribution in [0.2, 0.25) is 0 Å². The van der Waals surface area contributed by atoms with Gasteiger partial charge in [0.15, 0.2) is 11.6 Å². The number of thioether (sulfide) groups is 1. The standard InChI is InChI=1S/C17H15F2NO2S/c1-2-22-13-6-4-12(5-7-13)20-16(21)10-23-17(20)11-3-8-14(18)15(19)9-11/h3-9,17H,2,10H2,1H3. The number of ether oxygens (including phenoxy) is 1. The van der Waals surface area contributed by atoms with Crippen LogP contribution in [-0.4, -0.2) is 18.3 Å².